The molecule has 96 valence electrons. The van der Waals surface area contributed by atoms with Gasteiger partial charge in [0.15, 0.2) is 0 Å². The van der Waals surface area contributed by atoms with Gasteiger partial charge in [-0.25, -0.2) is 0 Å². The summed E-state index contributed by atoms with van der Waals surface area (Å²) in [7, 11) is 0. The number of pyridine rings is 1. The van der Waals surface area contributed by atoms with Gasteiger partial charge in [-0.15, -0.1) is 0 Å². The molecule has 0 radical (unpaired) electrons. The fourth-order valence-electron chi connectivity index (χ4n) is 1.76. The van der Waals surface area contributed by atoms with Gasteiger partial charge in [-0.3, -0.25) is 15.0 Å². The lowest BCUT2D eigenvalue weighted by molar-refractivity contribution is 0.996. The van der Waals surface area contributed by atoms with Gasteiger partial charge in [0.05, 0.1) is 11.4 Å². The van der Waals surface area contributed by atoms with Crippen molar-refractivity contribution in [3.8, 4) is 0 Å². The molecule has 1 N–H and O–H groups in total. The van der Waals surface area contributed by atoms with E-state index >= 15 is 0 Å². The molecule has 1 aliphatic heterocycles. The Bertz CT molecular complexity index is 565. The van der Waals surface area contributed by atoms with E-state index in [0.29, 0.717) is 5.71 Å². The summed E-state index contributed by atoms with van der Waals surface area (Å²) in [5.74, 6) is 0. The molecule has 0 saturated heterocycles. The first kappa shape index (κ1) is 13.1. The van der Waals surface area contributed by atoms with Gasteiger partial charge >= 0.3 is 0 Å². The molecule has 4 nitrogen and oxygen atoms in total. The summed E-state index contributed by atoms with van der Waals surface area (Å²) in [4.78, 5) is 12.6. The standard InChI is InChI=1S/C15H16N4/c1-2-19-15(13-6-4-8-18-11-13)9-14(16)12-5-3-7-17-10-12/h2,4-6,8-11,16H,3,7H2,1H3/b15-9-,16-14?,19-2?. The SMILES string of the molecule is CC=N/C(=C\C(=N)C1=CCCN=C1)c1cccnc1. The smallest absolute Gasteiger partial charge is 0.0734 e. The molecular formula is C15H16N4. The van der Waals surface area contributed by atoms with Crippen LogP contribution in [-0.2, 0) is 0 Å². The molecule has 0 aliphatic carbocycles. The third-order valence-corrected chi connectivity index (χ3v) is 2.67. The van der Waals surface area contributed by atoms with E-state index in [0.717, 1.165) is 29.8 Å². The summed E-state index contributed by atoms with van der Waals surface area (Å²) < 4.78 is 0. The number of hydrogen-bond donors (Lipinski definition) is 1. The lowest BCUT2D eigenvalue weighted by Gasteiger charge is -2.06. The highest BCUT2D eigenvalue weighted by atomic mass is 14.7. The highest BCUT2D eigenvalue weighted by Gasteiger charge is 2.06. The summed E-state index contributed by atoms with van der Waals surface area (Å²) >= 11 is 0. The second kappa shape index (κ2) is 6.54. The predicted octanol–water partition coefficient (Wildman–Crippen LogP) is 2.93. The average molecular weight is 252 g/mol. The first-order valence-corrected chi connectivity index (χ1v) is 6.21. The number of aliphatic imine (C=N–C) groups is 2. The number of hydrogen-bond acceptors (Lipinski definition) is 4. The molecule has 19 heavy (non-hydrogen) atoms. The van der Waals surface area contributed by atoms with Crippen molar-refractivity contribution in [2.45, 2.75) is 13.3 Å². The minimum atomic E-state index is 0.424. The van der Waals surface area contributed by atoms with Crippen molar-refractivity contribution < 1.29 is 0 Å². The molecule has 2 rings (SSSR count). The topological polar surface area (TPSA) is 61.5 Å². The molecule has 0 bridgehead atoms. The Kier molecular flexibility index (Phi) is 4.50. The maximum atomic E-state index is 8.11. The van der Waals surface area contributed by atoms with E-state index in [-0.39, 0.29) is 0 Å². The van der Waals surface area contributed by atoms with Gasteiger partial charge < -0.3 is 5.41 Å². The second-order valence-corrected chi connectivity index (χ2v) is 4.06. The van der Waals surface area contributed by atoms with E-state index < -0.39 is 0 Å². The van der Waals surface area contributed by atoms with Crippen molar-refractivity contribution in [3.05, 3.63) is 47.8 Å². The van der Waals surface area contributed by atoms with Crippen LogP contribution in [0.15, 0.2) is 52.2 Å². The van der Waals surface area contributed by atoms with E-state index in [9.17, 15) is 0 Å². The number of aromatic nitrogens is 1. The molecule has 0 amide bonds. The monoisotopic (exact) mass is 252 g/mol. The van der Waals surface area contributed by atoms with E-state index in [1.165, 1.54) is 0 Å². The molecule has 0 saturated carbocycles. The summed E-state index contributed by atoms with van der Waals surface area (Å²) in [6.45, 7) is 2.66. The zero-order valence-electron chi connectivity index (χ0n) is 10.9. The summed E-state index contributed by atoms with van der Waals surface area (Å²) in [6, 6.07) is 3.79. The van der Waals surface area contributed by atoms with Crippen LogP contribution in [0.5, 0.6) is 0 Å². The largest absolute Gasteiger partial charge is 0.300 e. The van der Waals surface area contributed by atoms with Crippen molar-refractivity contribution in [2.24, 2.45) is 9.98 Å². The Morgan fingerprint density at radius 3 is 3.00 bits per heavy atom. The summed E-state index contributed by atoms with van der Waals surface area (Å²) in [6.07, 6.45) is 11.6. The van der Waals surface area contributed by atoms with E-state index in [4.69, 9.17) is 5.41 Å². The normalized spacial score (nSPS) is 15.6. The van der Waals surface area contributed by atoms with Gasteiger partial charge in [0, 0.05) is 42.5 Å². The fourth-order valence-corrected chi connectivity index (χ4v) is 1.76. The zero-order valence-corrected chi connectivity index (χ0v) is 10.9. The van der Waals surface area contributed by atoms with Crippen LogP contribution in [0.1, 0.15) is 18.9 Å². The van der Waals surface area contributed by atoms with Gasteiger partial charge in [0.25, 0.3) is 0 Å². The summed E-state index contributed by atoms with van der Waals surface area (Å²) in [5, 5.41) is 8.11. The Morgan fingerprint density at radius 2 is 2.37 bits per heavy atom. The second-order valence-electron chi connectivity index (χ2n) is 4.06. The molecule has 0 unspecified atom stereocenters. The van der Waals surface area contributed by atoms with Crippen LogP contribution >= 0.6 is 0 Å². The molecule has 0 aromatic carbocycles. The van der Waals surface area contributed by atoms with Crippen LogP contribution in [0.3, 0.4) is 0 Å². The molecule has 0 spiro atoms. The quantitative estimate of drug-likeness (QED) is 0.823. The van der Waals surface area contributed by atoms with Gasteiger partial charge in [-0.1, -0.05) is 6.08 Å². The Labute approximate surface area is 112 Å². The first-order valence-electron chi connectivity index (χ1n) is 6.21. The lowest BCUT2D eigenvalue weighted by Crippen LogP contribution is -2.04. The molecule has 0 fully saturated rings. The Morgan fingerprint density at radius 1 is 1.47 bits per heavy atom. The minimum absolute atomic E-state index is 0.424. The highest BCUT2D eigenvalue weighted by molar-refractivity contribution is 6.22. The molecule has 1 aromatic heterocycles. The van der Waals surface area contributed by atoms with Crippen LogP contribution in [-0.4, -0.2) is 29.7 Å². The van der Waals surface area contributed by atoms with E-state index in [1.807, 2.05) is 25.1 Å². The van der Waals surface area contributed by atoms with Crippen LogP contribution < -0.4 is 0 Å². The third-order valence-electron chi connectivity index (χ3n) is 2.67. The van der Waals surface area contributed by atoms with Crippen LogP contribution in [0.25, 0.3) is 5.70 Å². The predicted molar refractivity (Wildman–Crippen MR) is 80.2 cm³/mol. The Hall–Kier alpha value is -2.36. The van der Waals surface area contributed by atoms with Crippen molar-refractivity contribution in [3.63, 3.8) is 0 Å². The summed E-state index contributed by atoms with van der Waals surface area (Å²) in [5.41, 5.74) is 2.91. The molecule has 2 heterocycles. The first-order chi connectivity index (χ1) is 9.31. The molecule has 1 aliphatic rings. The van der Waals surface area contributed by atoms with E-state index in [2.05, 4.69) is 15.0 Å². The lowest BCUT2D eigenvalue weighted by atomic mass is 10.1. The number of nitrogens with zero attached hydrogens (tertiary/aromatic N) is 3. The maximum absolute atomic E-state index is 8.11. The van der Waals surface area contributed by atoms with Crippen molar-refractivity contribution in [2.75, 3.05) is 6.54 Å². The highest BCUT2D eigenvalue weighted by Crippen LogP contribution is 2.16. The van der Waals surface area contributed by atoms with Gasteiger partial charge in [0.2, 0.25) is 0 Å². The molecule has 1 aromatic rings. The molecule has 4 heteroatoms. The maximum Gasteiger partial charge on any atom is 0.0734 e. The van der Waals surface area contributed by atoms with Gasteiger partial charge in [-0.05, 0) is 31.6 Å². The van der Waals surface area contributed by atoms with Crippen LogP contribution in [0.4, 0.5) is 0 Å². The molecular weight excluding hydrogens is 236 g/mol. The van der Waals surface area contributed by atoms with Crippen molar-refractivity contribution >= 4 is 23.8 Å². The van der Waals surface area contributed by atoms with Crippen molar-refractivity contribution in [1.29, 1.82) is 5.41 Å². The average Bonchev–Trinajstić information content (AvgIpc) is 2.48. The number of rotatable bonds is 4. The minimum Gasteiger partial charge on any atom is -0.300 e. The number of dihydropyridines is 1. The van der Waals surface area contributed by atoms with Gasteiger partial charge in [0.1, 0.15) is 0 Å². The zero-order chi connectivity index (χ0) is 13.5. The third kappa shape index (κ3) is 3.55. The van der Waals surface area contributed by atoms with E-state index in [1.54, 1.807) is 30.9 Å². The number of nitrogens with one attached hydrogen (secondary N) is 1. The molecule has 0 atom stereocenters. The van der Waals surface area contributed by atoms with Crippen LogP contribution in [0.2, 0.25) is 0 Å². The van der Waals surface area contributed by atoms with Crippen LogP contribution in [0, 0.1) is 5.41 Å². The van der Waals surface area contributed by atoms with Gasteiger partial charge in [-0.2, -0.15) is 0 Å². The fraction of sp³-hybridized carbons (Fsp3) is 0.200. The number of allylic oxidation sites excluding steroid dienone is 2. The Balaban J connectivity index is 2.29. The van der Waals surface area contributed by atoms with Crippen molar-refractivity contribution in [1.82, 2.24) is 4.98 Å².